The van der Waals surface area contributed by atoms with Crippen molar-refractivity contribution in [3.05, 3.63) is 23.8 Å². The molecule has 19 heavy (non-hydrogen) atoms. The minimum atomic E-state index is 0.579. The quantitative estimate of drug-likeness (QED) is 0.787. The number of nitrogen functional groups attached to an aromatic ring is 1. The Morgan fingerprint density at radius 2 is 2.05 bits per heavy atom. The average molecular weight is 259 g/mol. The molecule has 0 amide bonds. The zero-order valence-corrected chi connectivity index (χ0v) is 12.1. The van der Waals surface area contributed by atoms with Gasteiger partial charge in [0.2, 0.25) is 0 Å². The Balaban J connectivity index is 1.85. The fourth-order valence-corrected chi connectivity index (χ4v) is 3.62. The van der Waals surface area contributed by atoms with Crippen LogP contribution in [-0.2, 0) is 0 Å². The summed E-state index contributed by atoms with van der Waals surface area (Å²) in [4.78, 5) is 5.25. The zero-order valence-electron chi connectivity index (χ0n) is 12.1. The first-order chi connectivity index (χ1) is 9.15. The second-order valence-corrected chi connectivity index (χ2v) is 6.19. The number of aryl methyl sites for hydroxylation is 1. The van der Waals surface area contributed by atoms with Crippen molar-refractivity contribution in [1.82, 2.24) is 4.90 Å². The van der Waals surface area contributed by atoms with Crippen LogP contribution in [0, 0.1) is 6.92 Å². The fraction of sp³-hybridized carbons (Fsp3) is 0.625. The van der Waals surface area contributed by atoms with Gasteiger partial charge in [0.25, 0.3) is 0 Å². The van der Waals surface area contributed by atoms with Crippen molar-refractivity contribution in [1.29, 1.82) is 0 Å². The van der Waals surface area contributed by atoms with E-state index < -0.39 is 0 Å². The molecule has 2 fully saturated rings. The molecule has 2 aliphatic heterocycles. The Labute approximate surface area is 116 Å². The van der Waals surface area contributed by atoms with E-state index in [4.69, 9.17) is 5.73 Å². The number of rotatable bonds is 1. The molecule has 1 aromatic rings. The van der Waals surface area contributed by atoms with Crippen LogP contribution in [0.15, 0.2) is 18.2 Å². The van der Waals surface area contributed by atoms with Crippen LogP contribution in [-0.4, -0.2) is 36.6 Å². The van der Waals surface area contributed by atoms with Gasteiger partial charge in [-0.15, -0.1) is 0 Å². The first kappa shape index (κ1) is 12.8. The highest BCUT2D eigenvalue weighted by Gasteiger charge is 2.33. The third kappa shape index (κ3) is 2.44. The first-order valence-corrected chi connectivity index (χ1v) is 7.52. The van der Waals surface area contributed by atoms with E-state index in [1.54, 1.807) is 0 Å². The second kappa shape index (κ2) is 5.04. The third-order valence-electron chi connectivity index (χ3n) is 4.73. The lowest BCUT2D eigenvalue weighted by molar-refractivity contribution is 0.115. The Morgan fingerprint density at radius 1 is 1.21 bits per heavy atom. The van der Waals surface area contributed by atoms with Crippen molar-refractivity contribution in [2.75, 3.05) is 30.3 Å². The first-order valence-electron chi connectivity index (χ1n) is 7.52. The van der Waals surface area contributed by atoms with E-state index in [1.807, 2.05) is 6.07 Å². The van der Waals surface area contributed by atoms with Crippen LogP contribution in [0.4, 0.5) is 11.4 Å². The van der Waals surface area contributed by atoms with E-state index in [-0.39, 0.29) is 0 Å². The van der Waals surface area contributed by atoms with Gasteiger partial charge < -0.3 is 10.6 Å². The van der Waals surface area contributed by atoms with E-state index in [0.29, 0.717) is 6.04 Å². The van der Waals surface area contributed by atoms with E-state index >= 15 is 0 Å². The molecule has 0 aromatic heterocycles. The van der Waals surface area contributed by atoms with Crippen LogP contribution in [0.2, 0.25) is 0 Å². The van der Waals surface area contributed by atoms with Gasteiger partial charge in [0.05, 0.1) is 0 Å². The van der Waals surface area contributed by atoms with Crippen molar-refractivity contribution in [3.63, 3.8) is 0 Å². The molecule has 3 nitrogen and oxygen atoms in total. The maximum absolute atomic E-state index is 5.97. The lowest BCUT2D eigenvalue weighted by Gasteiger charge is -2.48. The van der Waals surface area contributed by atoms with Crippen LogP contribution in [0.1, 0.15) is 31.7 Å². The summed E-state index contributed by atoms with van der Waals surface area (Å²) < 4.78 is 0. The summed E-state index contributed by atoms with van der Waals surface area (Å²) >= 11 is 0. The molecule has 0 radical (unpaired) electrons. The number of nitrogens with two attached hydrogens (primary N) is 1. The van der Waals surface area contributed by atoms with Gasteiger partial charge in [0.1, 0.15) is 0 Å². The van der Waals surface area contributed by atoms with Gasteiger partial charge >= 0.3 is 0 Å². The summed E-state index contributed by atoms with van der Waals surface area (Å²) in [5.74, 6) is 0. The topological polar surface area (TPSA) is 32.5 Å². The predicted octanol–water partition coefficient (Wildman–Crippen LogP) is 2.64. The fourth-order valence-electron chi connectivity index (χ4n) is 3.62. The number of hydrogen-bond donors (Lipinski definition) is 1. The molecule has 1 aromatic carbocycles. The molecule has 2 heterocycles. The summed E-state index contributed by atoms with van der Waals surface area (Å²) in [6.07, 6.45) is 4.12. The summed E-state index contributed by atoms with van der Waals surface area (Å²) in [7, 11) is 0. The molecule has 2 aliphatic rings. The molecule has 0 spiro atoms. The molecule has 2 unspecified atom stereocenters. The van der Waals surface area contributed by atoms with Gasteiger partial charge in [0, 0.05) is 36.5 Å². The van der Waals surface area contributed by atoms with E-state index in [1.165, 1.54) is 43.6 Å². The summed E-state index contributed by atoms with van der Waals surface area (Å²) in [6.45, 7) is 8.17. The molecular formula is C16H25N3. The van der Waals surface area contributed by atoms with E-state index in [0.717, 1.165) is 18.3 Å². The molecule has 2 N–H and O–H groups in total. The maximum Gasteiger partial charge on any atom is 0.0419 e. The Kier molecular flexibility index (Phi) is 3.40. The number of hydrogen-bond acceptors (Lipinski definition) is 3. The highest BCUT2D eigenvalue weighted by atomic mass is 15.3. The highest BCUT2D eigenvalue weighted by Crippen LogP contribution is 2.31. The smallest absolute Gasteiger partial charge is 0.0419 e. The number of piperazine rings is 1. The molecule has 104 valence electrons. The molecular weight excluding hydrogens is 234 g/mol. The van der Waals surface area contributed by atoms with Gasteiger partial charge in [-0.05, 0) is 50.9 Å². The van der Waals surface area contributed by atoms with Crippen LogP contribution in [0.3, 0.4) is 0 Å². The minimum absolute atomic E-state index is 0.579. The number of piperidine rings is 1. The van der Waals surface area contributed by atoms with Crippen LogP contribution >= 0.6 is 0 Å². The third-order valence-corrected chi connectivity index (χ3v) is 4.73. The van der Waals surface area contributed by atoms with Crippen LogP contribution in [0.25, 0.3) is 0 Å². The molecule has 2 saturated heterocycles. The lowest BCUT2D eigenvalue weighted by Crippen LogP contribution is -2.59. The molecule has 0 aliphatic carbocycles. The molecule has 0 bridgehead atoms. The monoisotopic (exact) mass is 259 g/mol. The lowest BCUT2D eigenvalue weighted by atomic mass is 9.96. The Bertz CT molecular complexity index is 457. The number of fused-ring (bicyclic) bond motifs is 1. The van der Waals surface area contributed by atoms with Crippen molar-refractivity contribution >= 4 is 11.4 Å². The SMILES string of the molecule is Cc1ccc(N)cc1N1CC2CCCCN2CC1C. The standard InChI is InChI=1S/C16H25N3/c1-12-6-7-14(17)9-16(12)19-11-15-5-3-4-8-18(15)10-13(19)2/h6-7,9,13,15H,3-5,8,10-11,17H2,1-2H3. The molecule has 3 heteroatoms. The van der Waals surface area contributed by atoms with Crippen LogP contribution in [0.5, 0.6) is 0 Å². The van der Waals surface area contributed by atoms with Crippen molar-refractivity contribution in [2.45, 2.75) is 45.2 Å². The predicted molar refractivity (Wildman–Crippen MR) is 81.6 cm³/mol. The molecule has 0 saturated carbocycles. The largest absolute Gasteiger partial charge is 0.399 e. The van der Waals surface area contributed by atoms with Crippen molar-refractivity contribution in [2.24, 2.45) is 0 Å². The van der Waals surface area contributed by atoms with Gasteiger partial charge in [-0.25, -0.2) is 0 Å². The summed E-state index contributed by atoms with van der Waals surface area (Å²) in [5.41, 5.74) is 9.52. The zero-order chi connectivity index (χ0) is 13.4. The van der Waals surface area contributed by atoms with E-state index in [9.17, 15) is 0 Å². The highest BCUT2D eigenvalue weighted by molar-refractivity contribution is 5.61. The Hall–Kier alpha value is -1.22. The van der Waals surface area contributed by atoms with E-state index in [2.05, 4.69) is 35.8 Å². The maximum atomic E-state index is 5.97. The number of benzene rings is 1. The second-order valence-electron chi connectivity index (χ2n) is 6.19. The summed E-state index contributed by atoms with van der Waals surface area (Å²) in [5, 5.41) is 0. The van der Waals surface area contributed by atoms with Gasteiger partial charge in [-0.3, -0.25) is 4.90 Å². The Morgan fingerprint density at radius 3 is 2.89 bits per heavy atom. The molecule has 2 atom stereocenters. The van der Waals surface area contributed by atoms with Crippen LogP contribution < -0.4 is 10.6 Å². The van der Waals surface area contributed by atoms with Gasteiger partial charge in [-0.1, -0.05) is 12.5 Å². The van der Waals surface area contributed by atoms with Gasteiger partial charge in [0.15, 0.2) is 0 Å². The summed E-state index contributed by atoms with van der Waals surface area (Å²) in [6, 6.07) is 7.61. The van der Waals surface area contributed by atoms with Crippen molar-refractivity contribution in [3.8, 4) is 0 Å². The van der Waals surface area contributed by atoms with Crippen molar-refractivity contribution < 1.29 is 0 Å². The minimum Gasteiger partial charge on any atom is -0.399 e. The normalized spacial score (nSPS) is 28.2. The number of anilines is 2. The average Bonchev–Trinajstić information content (AvgIpc) is 2.41. The number of nitrogens with zero attached hydrogens (tertiary/aromatic N) is 2. The molecule has 3 rings (SSSR count). The van der Waals surface area contributed by atoms with Gasteiger partial charge in [-0.2, -0.15) is 0 Å².